The zero-order valence-electron chi connectivity index (χ0n) is 12.7. The molecule has 0 aliphatic heterocycles. The van der Waals surface area contributed by atoms with E-state index in [4.69, 9.17) is 9.47 Å². The Kier molecular flexibility index (Phi) is 7.34. The molecule has 0 aliphatic carbocycles. The summed E-state index contributed by atoms with van der Waals surface area (Å²) in [4.78, 5) is 0. The van der Waals surface area contributed by atoms with Crippen LogP contribution in [0, 0.1) is 0 Å². The molecule has 1 atom stereocenters. The lowest BCUT2D eigenvalue weighted by atomic mass is 10.0. The van der Waals surface area contributed by atoms with Crippen molar-refractivity contribution in [3.05, 3.63) is 23.8 Å². The molecule has 3 heteroatoms. The molecule has 0 fully saturated rings. The summed E-state index contributed by atoms with van der Waals surface area (Å²) in [7, 11) is 1.98. The predicted molar refractivity (Wildman–Crippen MR) is 80.4 cm³/mol. The molecule has 0 radical (unpaired) electrons. The van der Waals surface area contributed by atoms with E-state index in [-0.39, 0.29) is 0 Å². The molecule has 1 N–H and O–H groups in total. The van der Waals surface area contributed by atoms with Gasteiger partial charge in [-0.1, -0.05) is 26.8 Å². The van der Waals surface area contributed by atoms with Crippen LogP contribution in [0.25, 0.3) is 0 Å². The van der Waals surface area contributed by atoms with Gasteiger partial charge in [0.1, 0.15) is 0 Å². The first kappa shape index (κ1) is 15.8. The summed E-state index contributed by atoms with van der Waals surface area (Å²) < 4.78 is 11.5. The Bertz CT molecular complexity index is 366. The van der Waals surface area contributed by atoms with Gasteiger partial charge in [-0.15, -0.1) is 0 Å². The second-order valence-electron chi connectivity index (χ2n) is 4.86. The van der Waals surface area contributed by atoms with Gasteiger partial charge in [-0.3, -0.25) is 0 Å². The fourth-order valence-corrected chi connectivity index (χ4v) is 1.91. The summed E-state index contributed by atoms with van der Waals surface area (Å²) >= 11 is 0. The zero-order valence-corrected chi connectivity index (χ0v) is 12.7. The van der Waals surface area contributed by atoms with E-state index >= 15 is 0 Å². The minimum absolute atomic E-state index is 0.467. The third kappa shape index (κ3) is 5.11. The van der Waals surface area contributed by atoms with Crippen LogP contribution in [0.15, 0.2) is 18.2 Å². The van der Waals surface area contributed by atoms with Crippen LogP contribution in [-0.2, 0) is 0 Å². The highest BCUT2D eigenvalue weighted by molar-refractivity contribution is 5.44. The Hall–Kier alpha value is -1.22. The van der Waals surface area contributed by atoms with Gasteiger partial charge >= 0.3 is 0 Å². The molecule has 1 unspecified atom stereocenters. The van der Waals surface area contributed by atoms with E-state index in [1.807, 2.05) is 13.1 Å². The lowest BCUT2D eigenvalue weighted by Crippen LogP contribution is -2.14. The number of rotatable bonds is 9. The number of hydrogen-bond donors (Lipinski definition) is 1. The molecule has 0 aromatic heterocycles. The first-order valence-corrected chi connectivity index (χ1v) is 7.27. The molecule has 0 spiro atoms. The molecule has 0 saturated carbocycles. The molecule has 0 aliphatic rings. The maximum atomic E-state index is 5.81. The molecule has 0 saturated heterocycles. The van der Waals surface area contributed by atoms with Gasteiger partial charge in [0.2, 0.25) is 0 Å². The topological polar surface area (TPSA) is 30.5 Å². The summed E-state index contributed by atoms with van der Waals surface area (Å²) in [5, 5.41) is 3.21. The van der Waals surface area contributed by atoms with Crippen LogP contribution < -0.4 is 14.8 Å². The minimum Gasteiger partial charge on any atom is -0.490 e. The van der Waals surface area contributed by atoms with E-state index < -0.39 is 0 Å². The molecular weight excluding hydrogens is 238 g/mol. The normalized spacial score (nSPS) is 12.2. The lowest BCUT2D eigenvalue weighted by molar-refractivity contribution is 0.268. The van der Waals surface area contributed by atoms with Gasteiger partial charge in [-0.05, 0) is 43.5 Å². The number of likely N-dealkylation sites (N-methyl/N-ethyl adjacent to an activating group) is 1. The molecule has 108 valence electrons. The van der Waals surface area contributed by atoms with Crippen molar-refractivity contribution in [3.63, 3.8) is 0 Å². The number of benzene rings is 1. The lowest BCUT2D eigenvalue weighted by Gasteiger charge is -2.16. The van der Waals surface area contributed by atoms with Gasteiger partial charge < -0.3 is 14.8 Å². The SMILES string of the molecule is CCCOc1ccc(C(C)CNC)cc1OCCC. The summed E-state index contributed by atoms with van der Waals surface area (Å²) in [5.74, 6) is 2.20. The van der Waals surface area contributed by atoms with Gasteiger partial charge in [-0.2, -0.15) is 0 Å². The van der Waals surface area contributed by atoms with E-state index in [9.17, 15) is 0 Å². The maximum Gasteiger partial charge on any atom is 0.161 e. The molecule has 0 bridgehead atoms. The van der Waals surface area contributed by atoms with E-state index in [2.05, 4.69) is 38.2 Å². The van der Waals surface area contributed by atoms with Crippen LogP contribution in [0.1, 0.15) is 45.1 Å². The highest BCUT2D eigenvalue weighted by Crippen LogP contribution is 2.31. The zero-order chi connectivity index (χ0) is 14.1. The number of hydrogen-bond acceptors (Lipinski definition) is 3. The van der Waals surface area contributed by atoms with Crippen molar-refractivity contribution in [1.29, 1.82) is 0 Å². The van der Waals surface area contributed by atoms with Crippen molar-refractivity contribution >= 4 is 0 Å². The Labute approximate surface area is 117 Å². The molecular formula is C16H27NO2. The average Bonchev–Trinajstić information content (AvgIpc) is 2.43. The smallest absolute Gasteiger partial charge is 0.161 e. The summed E-state index contributed by atoms with van der Waals surface area (Å²) in [6.45, 7) is 8.85. The summed E-state index contributed by atoms with van der Waals surface area (Å²) in [6.07, 6.45) is 2.01. The Balaban J connectivity index is 2.86. The molecule has 1 rings (SSSR count). The first-order valence-electron chi connectivity index (χ1n) is 7.27. The van der Waals surface area contributed by atoms with E-state index in [0.29, 0.717) is 5.92 Å². The Morgan fingerprint density at radius 1 is 1.05 bits per heavy atom. The minimum atomic E-state index is 0.467. The highest BCUT2D eigenvalue weighted by atomic mass is 16.5. The van der Waals surface area contributed by atoms with Crippen molar-refractivity contribution in [3.8, 4) is 11.5 Å². The average molecular weight is 265 g/mol. The second-order valence-corrected chi connectivity index (χ2v) is 4.86. The van der Waals surface area contributed by atoms with Gasteiger partial charge in [0, 0.05) is 6.54 Å². The van der Waals surface area contributed by atoms with Crippen LogP contribution in [-0.4, -0.2) is 26.8 Å². The third-order valence-electron chi connectivity index (χ3n) is 2.97. The fourth-order valence-electron chi connectivity index (χ4n) is 1.91. The van der Waals surface area contributed by atoms with Crippen LogP contribution >= 0.6 is 0 Å². The van der Waals surface area contributed by atoms with E-state index in [1.165, 1.54) is 5.56 Å². The quantitative estimate of drug-likeness (QED) is 0.740. The molecule has 3 nitrogen and oxygen atoms in total. The van der Waals surface area contributed by atoms with Crippen molar-refractivity contribution in [2.24, 2.45) is 0 Å². The van der Waals surface area contributed by atoms with E-state index in [1.54, 1.807) is 0 Å². The van der Waals surface area contributed by atoms with Crippen LogP contribution in [0.4, 0.5) is 0 Å². The largest absolute Gasteiger partial charge is 0.490 e. The van der Waals surface area contributed by atoms with Crippen molar-refractivity contribution < 1.29 is 9.47 Å². The molecule has 19 heavy (non-hydrogen) atoms. The molecule has 0 heterocycles. The van der Waals surface area contributed by atoms with Crippen molar-refractivity contribution in [2.45, 2.75) is 39.5 Å². The molecule has 1 aromatic rings. The summed E-state index contributed by atoms with van der Waals surface area (Å²) in [6, 6.07) is 6.27. The second kappa shape index (κ2) is 8.81. The Morgan fingerprint density at radius 3 is 2.26 bits per heavy atom. The van der Waals surface area contributed by atoms with E-state index in [0.717, 1.165) is 44.1 Å². The van der Waals surface area contributed by atoms with Crippen molar-refractivity contribution in [2.75, 3.05) is 26.8 Å². The van der Waals surface area contributed by atoms with Gasteiger partial charge in [-0.25, -0.2) is 0 Å². The van der Waals surface area contributed by atoms with Gasteiger partial charge in [0.25, 0.3) is 0 Å². The van der Waals surface area contributed by atoms with Gasteiger partial charge in [0.05, 0.1) is 13.2 Å². The Morgan fingerprint density at radius 2 is 1.68 bits per heavy atom. The predicted octanol–water partition coefficient (Wildman–Crippen LogP) is 3.59. The highest BCUT2D eigenvalue weighted by Gasteiger charge is 2.10. The number of ether oxygens (including phenoxy) is 2. The number of nitrogens with one attached hydrogen (secondary N) is 1. The van der Waals surface area contributed by atoms with Crippen LogP contribution in [0.2, 0.25) is 0 Å². The summed E-state index contributed by atoms with van der Waals surface area (Å²) in [5.41, 5.74) is 1.28. The van der Waals surface area contributed by atoms with Crippen molar-refractivity contribution in [1.82, 2.24) is 5.32 Å². The standard InChI is InChI=1S/C16H27NO2/c1-5-9-18-15-8-7-14(13(3)12-17-4)11-16(15)19-10-6-2/h7-8,11,13,17H,5-6,9-10,12H2,1-4H3. The third-order valence-corrected chi connectivity index (χ3v) is 2.97. The molecule has 1 aromatic carbocycles. The molecule has 0 amide bonds. The first-order chi connectivity index (χ1) is 9.22. The fraction of sp³-hybridized carbons (Fsp3) is 0.625. The van der Waals surface area contributed by atoms with Crippen LogP contribution in [0.5, 0.6) is 11.5 Å². The van der Waals surface area contributed by atoms with Gasteiger partial charge in [0.15, 0.2) is 11.5 Å². The maximum absolute atomic E-state index is 5.81. The van der Waals surface area contributed by atoms with Crippen LogP contribution in [0.3, 0.4) is 0 Å². The monoisotopic (exact) mass is 265 g/mol.